The molecule has 21 nitrogen and oxygen atoms in total. The Balaban J connectivity index is 0. The Morgan fingerprint density at radius 1 is 0.591 bits per heavy atom. The summed E-state index contributed by atoms with van der Waals surface area (Å²) in [5, 5.41) is 45.6. The highest BCUT2D eigenvalue weighted by Crippen LogP contribution is 2.14. The highest BCUT2D eigenvalue weighted by molar-refractivity contribution is 5.91. The lowest BCUT2D eigenvalue weighted by atomic mass is 10.1. The van der Waals surface area contributed by atoms with Crippen LogP contribution < -0.4 is 43.0 Å². The van der Waals surface area contributed by atoms with Gasteiger partial charge in [0, 0.05) is 14.1 Å². The Morgan fingerprint density at radius 2 is 0.970 bits per heavy atom. The number of nitrogens with one attached hydrogen (secondary N) is 7. The van der Waals surface area contributed by atoms with E-state index in [-0.39, 0.29) is 18.3 Å². The molecule has 66 heavy (non-hydrogen) atoms. The molecule has 7 amide bonds. The maximum Gasteiger partial charge on any atom is 0.407 e. The molecule has 0 heterocycles. The topological polar surface area (TPSA) is 326 Å². The van der Waals surface area contributed by atoms with Crippen molar-refractivity contribution in [2.24, 2.45) is 5.73 Å². The zero-order valence-electron chi connectivity index (χ0n) is 39.4. The summed E-state index contributed by atoms with van der Waals surface area (Å²) in [6.07, 6.45) is -2.74. The Bertz CT molecular complexity index is 1810. The number of aliphatic hydroxyl groups excluding tert-OH is 2. The van der Waals surface area contributed by atoms with Gasteiger partial charge in [-0.1, -0.05) is 87.4 Å². The molecule has 0 aliphatic carbocycles. The van der Waals surface area contributed by atoms with Crippen molar-refractivity contribution >= 4 is 60.1 Å². The van der Waals surface area contributed by atoms with E-state index in [4.69, 9.17) is 20.3 Å². The van der Waals surface area contributed by atoms with Crippen molar-refractivity contribution in [3.05, 3.63) is 71.8 Å². The van der Waals surface area contributed by atoms with Crippen molar-refractivity contribution in [3.63, 3.8) is 0 Å². The molecule has 0 saturated heterocycles. The van der Waals surface area contributed by atoms with Crippen LogP contribution in [-0.4, -0.2) is 126 Å². The van der Waals surface area contributed by atoms with Gasteiger partial charge in [0.05, 0.1) is 18.6 Å². The number of carboxylic acids is 1. The number of nitrogens with two attached hydrogens (primary N) is 1. The van der Waals surface area contributed by atoms with E-state index in [0.717, 1.165) is 5.56 Å². The van der Waals surface area contributed by atoms with Crippen LogP contribution in [0.5, 0.6) is 0 Å². The Morgan fingerprint density at radius 3 is 1.32 bits per heavy atom. The summed E-state index contributed by atoms with van der Waals surface area (Å²) in [6.45, 7) is 12.8. The van der Waals surface area contributed by atoms with Gasteiger partial charge in [-0.3, -0.25) is 28.8 Å². The number of likely N-dealkylation sites (N-methyl/N-ethyl adjacent to an activating group) is 2. The van der Waals surface area contributed by atoms with Crippen molar-refractivity contribution in [2.75, 3.05) is 27.2 Å². The summed E-state index contributed by atoms with van der Waals surface area (Å²) in [6, 6.07) is 14.7. The Labute approximate surface area is 392 Å². The second-order valence-corrected chi connectivity index (χ2v) is 16.3. The number of aliphatic hydroxyl groups is 2. The van der Waals surface area contributed by atoms with E-state index in [1.807, 2.05) is 44.2 Å². The molecule has 2 rings (SSSR count). The summed E-state index contributed by atoms with van der Waals surface area (Å²) in [4.78, 5) is 93.6. The lowest BCUT2D eigenvalue weighted by Gasteiger charge is -2.26. The first kappa shape index (κ1) is 62.1. The number of carbonyl (C=O) groups is 8. The lowest BCUT2D eigenvalue weighted by Crippen LogP contribution is -2.53. The number of aliphatic carboxylic acids is 1. The summed E-state index contributed by atoms with van der Waals surface area (Å²) in [7, 11) is 3.03. The summed E-state index contributed by atoms with van der Waals surface area (Å²) >= 11 is 0. The normalized spacial score (nSPS) is 13.3. The minimum atomic E-state index is -1.58. The minimum absolute atomic E-state index is 0. The molecule has 0 saturated carbocycles. The van der Waals surface area contributed by atoms with E-state index < -0.39 is 102 Å². The van der Waals surface area contributed by atoms with Crippen LogP contribution in [0.15, 0.2) is 60.7 Å². The van der Waals surface area contributed by atoms with E-state index in [0.29, 0.717) is 31.2 Å². The van der Waals surface area contributed by atoms with E-state index in [9.17, 15) is 48.6 Å². The number of ether oxygens (including phenoxy) is 2. The fourth-order valence-electron chi connectivity index (χ4n) is 5.33. The van der Waals surface area contributed by atoms with E-state index in [1.165, 1.54) is 7.05 Å². The quantitative estimate of drug-likeness (QED) is 0.0958. The lowest BCUT2D eigenvalue weighted by molar-refractivity contribution is -0.140. The molecule has 4 unspecified atom stereocenters. The van der Waals surface area contributed by atoms with Crippen LogP contribution >= 0.6 is 12.4 Å². The predicted molar refractivity (Wildman–Crippen MR) is 248 cm³/mol. The molecule has 6 atom stereocenters. The van der Waals surface area contributed by atoms with Crippen molar-refractivity contribution in [2.45, 2.75) is 129 Å². The molecule has 2 aromatic carbocycles. The van der Waals surface area contributed by atoms with Gasteiger partial charge >= 0.3 is 18.2 Å². The second-order valence-electron chi connectivity index (χ2n) is 16.3. The largest absolute Gasteiger partial charge is 0.480 e. The fraction of sp³-hybridized carbons (Fsp3) is 0.545. The first-order valence-electron chi connectivity index (χ1n) is 21.0. The van der Waals surface area contributed by atoms with E-state index in [2.05, 4.69) is 37.2 Å². The summed E-state index contributed by atoms with van der Waals surface area (Å²) < 4.78 is 10.2. The zero-order valence-corrected chi connectivity index (χ0v) is 40.2. The van der Waals surface area contributed by atoms with Crippen LogP contribution in [0.4, 0.5) is 9.59 Å². The third kappa shape index (κ3) is 26.7. The number of hydrogen-bond donors (Lipinski definition) is 11. The van der Waals surface area contributed by atoms with E-state index >= 15 is 0 Å². The summed E-state index contributed by atoms with van der Waals surface area (Å²) in [5.74, 6) is -4.10. The standard InChI is InChI=1S/C22H34N4O6.C13H24N2O6.C9H12N2O.ClH/c1-6-10-15(25-21(31)32-22(2,3)4)18(28)20(30)24-13-16(27)26-17(19(29)23-5)14-11-8-7-9-12-14;1-5-6-8(15-12(20)21-13(2,3)4)10(18)11(19)14-7-9(16)17;1-11-9(12)8(10)7-5-3-2-4-6-7;/h7-9,11-12,15,17-18,28H,6,10,13H2,1-5H3,(H,23,29)(H,24,30)(H,25,31)(H,26,27);8,10,18H,5-7H2,1-4H3,(H,14,19)(H,15,20)(H,16,17);2-6,8H,10H2,1H3,(H,11,12);1H/t15?,17-,18?;;8-;/m0.0./s1. The summed E-state index contributed by atoms with van der Waals surface area (Å²) in [5.41, 5.74) is 5.62. The molecule has 372 valence electrons. The molecule has 0 aliphatic heterocycles. The number of carboxylic acid groups (broad SMARTS) is 1. The molecule has 0 bridgehead atoms. The number of hydrogen-bond acceptors (Lipinski definition) is 13. The highest BCUT2D eigenvalue weighted by Gasteiger charge is 2.31. The van der Waals surface area contributed by atoms with Crippen LogP contribution in [0.2, 0.25) is 0 Å². The smallest absolute Gasteiger partial charge is 0.407 e. The maximum atomic E-state index is 12.4. The van der Waals surface area contributed by atoms with Crippen molar-refractivity contribution in [3.8, 4) is 0 Å². The highest BCUT2D eigenvalue weighted by atomic mass is 35.5. The van der Waals surface area contributed by atoms with Crippen molar-refractivity contribution in [1.82, 2.24) is 37.2 Å². The molecule has 0 spiro atoms. The first-order chi connectivity index (χ1) is 30.3. The number of alkyl carbamates (subject to hydrolysis) is 2. The second kappa shape index (κ2) is 31.8. The van der Waals surface area contributed by atoms with Crippen LogP contribution in [0.25, 0.3) is 0 Å². The molecular weight excluding hydrogens is 884 g/mol. The van der Waals surface area contributed by atoms with Gasteiger partial charge in [0.1, 0.15) is 29.8 Å². The van der Waals surface area contributed by atoms with Crippen LogP contribution in [0, 0.1) is 0 Å². The molecule has 0 aliphatic rings. The molecule has 0 aromatic heterocycles. The maximum absolute atomic E-state index is 12.4. The number of halogens is 1. The monoisotopic (exact) mass is 954 g/mol. The van der Waals surface area contributed by atoms with Crippen LogP contribution in [0.3, 0.4) is 0 Å². The molecule has 12 N–H and O–H groups in total. The van der Waals surface area contributed by atoms with E-state index in [1.54, 1.807) is 78.9 Å². The molecular formula is C44H71ClN8O13. The van der Waals surface area contributed by atoms with Gasteiger partial charge in [0.2, 0.25) is 17.7 Å². The van der Waals surface area contributed by atoms with Gasteiger partial charge in [-0.25, -0.2) is 9.59 Å². The Kier molecular flexibility index (Phi) is 29.9. The third-order valence-corrected chi connectivity index (χ3v) is 8.37. The number of amides is 7. The van der Waals surface area contributed by atoms with Crippen molar-refractivity contribution < 1.29 is 63.1 Å². The minimum Gasteiger partial charge on any atom is -0.480 e. The molecule has 0 radical (unpaired) electrons. The molecule has 0 fully saturated rings. The first-order valence-corrected chi connectivity index (χ1v) is 21.0. The number of benzene rings is 2. The average Bonchev–Trinajstić information content (AvgIpc) is 3.24. The molecule has 2 aromatic rings. The van der Waals surface area contributed by atoms with Gasteiger partial charge in [-0.2, -0.15) is 0 Å². The average molecular weight is 956 g/mol. The fourth-order valence-corrected chi connectivity index (χ4v) is 5.33. The number of carbonyl (C=O) groups excluding carboxylic acids is 7. The van der Waals surface area contributed by atoms with Gasteiger partial charge in [-0.05, 0) is 65.5 Å². The third-order valence-electron chi connectivity index (χ3n) is 8.37. The molecule has 22 heteroatoms. The zero-order chi connectivity index (χ0) is 49.9. The van der Waals surface area contributed by atoms with Gasteiger partial charge in [0.15, 0.2) is 12.2 Å². The Hall–Kier alpha value is -6.03. The SMILES string of the molecule is CCCC(NC(=O)OC(C)(C)C)C(O)C(=O)NCC(=O)N[C@H](C(=O)NC)c1ccccc1.CCCC(NC(=O)OC(C)(C)C)C(O)C(=O)NCC(=O)O.CNC(=O)[C@@H](N)c1ccccc1.Cl. The van der Waals surface area contributed by atoms with Crippen LogP contribution in [-0.2, 0) is 38.2 Å². The number of rotatable bonds is 19. The van der Waals surface area contributed by atoms with Gasteiger partial charge < -0.3 is 67.7 Å². The van der Waals surface area contributed by atoms with Crippen molar-refractivity contribution in [1.29, 1.82) is 0 Å². The predicted octanol–water partition coefficient (Wildman–Crippen LogP) is 1.86. The van der Waals surface area contributed by atoms with Gasteiger partial charge in [-0.15, -0.1) is 12.4 Å². The van der Waals surface area contributed by atoms with Gasteiger partial charge in [0.25, 0.3) is 11.8 Å². The van der Waals surface area contributed by atoms with Crippen LogP contribution in [0.1, 0.15) is 104 Å².